The van der Waals surface area contributed by atoms with Gasteiger partial charge in [0.1, 0.15) is 4.83 Å². The minimum absolute atomic E-state index is 0.211. The van der Waals surface area contributed by atoms with E-state index in [2.05, 4.69) is 16.5 Å². The van der Waals surface area contributed by atoms with E-state index in [1.165, 1.54) is 23.3 Å². The Labute approximate surface area is 206 Å². The van der Waals surface area contributed by atoms with Crippen molar-refractivity contribution in [2.45, 2.75) is 43.8 Å². The lowest BCUT2D eigenvalue weighted by Gasteiger charge is -2.12. The Hall–Kier alpha value is -3.16. The number of aryl methyl sites for hydroxylation is 2. The molecule has 7 heteroatoms. The number of thioether (sulfide) groups is 1. The molecular formula is C27H25N3O2S2. The number of carbonyl (C=O) groups excluding carboxylic acids is 2. The zero-order valence-corrected chi connectivity index (χ0v) is 20.4. The van der Waals surface area contributed by atoms with Crippen LogP contribution in [-0.4, -0.2) is 20.6 Å². The van der Waals surface area contributed by atoms with Crippen molar-refractivity contribution in [3.05, 3.63) is 77.7 Å². The largest absolute Gasteiger partial charge is 0.326 e. The summed E-state index contributed by atoms with van der Waals surface area (Å²) in [6.45, 7) is 4.47. The normalized spacial score (nSPS) is 12.9. The molecule has 1 amide bonds. The van der Waals surface area contributed by atoms with E-state index in [4.69, 9.17) is 4.98 Å². The Morgan fingerprint density at radius 3 is 2.56 bits per heavy atom. The zero-order chi connectivity index (χ0) is 23.5. The minimum atomic E-state index is -0.328. The molecule has 0 unspecified atom stereocenters. The second-order valence-corrected chi connectivity index (χ2v) is 10.4. The third-order valence-electron chi connectivity index (χ3n) is 5.92. The first kappa shape index (κ1) is 22.6. The second-order valence-electron chi connectivity index (χ2n) is 8.30. The smallest absolute Gasteiger partial charge is 0.232 e. The number of nitrogens with zero attached hydrogens (tertiary/aromatic N) is 2. The Kier molecular flexibility index (Phi) is 6.65. The van der Waals surface area contributed by atoms with Crippen molar-refractivity contribution < 1.29 is 9.59 Å². The highest BCUT2D eigenvalue weighted by atomic mass is 32.2. The van der Waals surface area contributed by atoms with Gasteiger partial charge in [0.25, 0.3) is 0 Å². The van der Waals surface area contributed by atoms with Crippen LogP contribution in [0.15, 0.2) is 72.4 Å². The van der Waals surface area contributed by atoms with Crippen molar-refractivity contribution in [1.82, 2.24) is 9.55 Å². The van der Waals surface area contributed by atoms with Crippen LogP contribution in [0, 0.1) is 0 Å². The minimum Gasteiger partial charge on any atom is -0.326 e. The molecule has 2 aromatic heterocycles. The van der Waals surface area contributed by atoms with Crippen molar-refractivity contribution in [3.63, 3.8) is 0 Å². The SMILES string of the molecule is C=CCn1c(SC(=O)CC(=O)Nc2ccc(-c3ccccc3)cc2)nc2sc3c(c21)CCCC3. The number of hydrogen-bond acceptors (Lipinski definition) is 5. The molecule has 0 spiro atoms. The molecule has 0 bridgehead atoms. The van der Waals surface area contributed by atoms with Gasteiger partial charge in [-0.1, -0.05) is 48.5 Å². The van der Waals surface area contributed by atoms with Crippen LogP contribution in [0.4, 0.5) is 5.69 Å². The first-order valence-electron chi connectivity index (χ1n) is 11.4. The molecule has 172 valence electrons. The number of benzene rings is 2. The summed E-state index contributed by atoms with van der Waals surface area (Å²) >= 11 is 2.77. The Bertz CT molecular complexity index is 1350. The fraction of sp³-hybridized carbons (Fsp3) is 0.222. The summed E-state index contributed by atoms with van der Waals surface area (Å²) in [5.41, 5.74) is 5.36. The van der Waals surface area contributed by atoms with Gasteiger partial charge in [-0.3, -0.25) is 9.59 Å². The average molecular weight is 488 g/mol. The van der Waals surface area contributed by atoms with Gasteiger partial charge in [0.2, 0.25) is 11.0 Å². The van der Waals surface area contributed by atoms with Gasteiger partial charge in [-0.2, -0.15) is 0 Å². The van der Waals surface area contributed by atoms with Crippen molar-refractivity contribution in [2.75, 3.05) is 5.32 Å². The molecule has 0 aliphatic heterocycles. The van der Waals surface area contributed by atoms with Gasteiger partial charge in [0.05, 0.1) is 11.9 Å². The van der Waals surface area contributed by atoms with Crippen LogP contribution < -0.4 is 5.32 Å². The molecule has 2 aromatic carbocycles. The highest BCUT2D eigenvalue weighted by Crippen LogP contribution is 2.38. The van der Waals surface area contributed by atoms with Crippen LogP contribution >= 0.6 is 23.1 Å². The number of aromatic nitrogens is 2. The number of imidazole rings is 1. The van der Waals surface area contributed by atoms with E-state index in [-0.39, 0.29) is 17.4 Å². The first-order valence-corrected chi connectivity index (χ1v) is 13.0. The number of amides is 1. The molecule has 0 saturated heterocycles. The van der Waals surface area contributed by atoms with Crippen LogP contribution in [0.5, 0.6) is 0 Å². The molecular weight excluding hydrogens is 462 g/mol. The molecule has 1 N–H and O–H groups in total. The van der Waals surface area contributed by atoms with E-state index in [1.54, 1.807) is 11.3 Å². The van der Waals surface area contributed by atoms with Gasteiger partial charge >= 0.3 is 0 Å². The van der Waals surface area contributed by atoms with Crippen LogP contribution in [0.2, 0.25) is 0 Å². The maximum absolute atomic E-state index is 12.7. The number of fused-ring (bicyclic) bond motifs is 3. The standard InChI is InChI=1S/C27H25N3O2S2/c1-2-16-30-25-21-10-6-7-11-22(21)33-26(25)29-27(30)34-24(32)17-23(31)28-20-14-12-19(13-15-20)18-8-4-3-5-9-18/h2-5,8-9,12-15H,1,6-7,10-11,16-17H2,(H,28,31). The summed E-state index contributed by atoms with van der Waals surface area (Å²) in [7, 11) is 0. The van der Waals surface area contributed by atoms with Gasteiger partial charge in [-0.25, -0.2) is 4.98 Å². The maximum atomic E-state index is 12.7. The topological polar surface area (TPSA) is 64.0 Å². The first-order chi connectivity index (χ1) is 16.6. The molecule has 0 fully saturated rings. The zero-order valence-electron chi connectivity index (χ0n) is 18.8. The molecule has 1 aliphatic carbocycles. The highest BCUT2D eigenvalue weighted by Gasteiger charge is 2.24. The van der Waals surface area contributed by atoms with Crippen LogP contribution in [-0.2, 0) is 29.0 Å². The van der Waals surface area contributed by atoms with Crippen LogP contribution in [0.1, 0.15) is 29.7 Å². The van der Waals surface area contributed by atoms with Crippen molar-refractivity contribution in [3.8, 4) is 11.1 Å². The van der Waals surface area contributed by atoms with E-state index in [1.807, 2.05) is 60.7 Å². The number of allylic oxidation sites excluding steroid dienone is 1. The number of rotatable bonds is 7. The number of carbonyl (C=O) groups is 2. The fourth-order valence-electron chi connectivity index (χ4n) is 4.36. The summed E-state index contributed by atoms with van der Waals surface area (Å²) in [5.74, 6) is -0.328. The summed E-state index contributed by atoms with van der Waals surface area (Å²) < 4.78 is 2.08. The monoisotopic (exact) mass is 487 g/mol. The third-order valence-corrected chi connectivity index (χ3v) is 7.96. The van der Waals surface area contributed by atoms with E-state index < -0.39 is 0 Å². The number of thiophene rings is 1. The summed E-state index contributed by atoms with van der Waals surface area (Å²) in [4.78, 5) is 32.4. The van der Waals surface area contributed by atoms with Crippen molar-refractivity contribution in [2.24, 2.45) is 0 Å². The molecule has 2 heterocycles. The quantitative estimate of drug-likeness (QED) is 0.184. The van der Waals surface area contributed by atoms with Gasteiger partial charge in [-0.15, -0.1) is 17.9 Å². The van der Waals surface area contributed by atoms with Crippen LogP contribution in [0.3, 0.4) is 0 Å². The Morgan fingerprint density at radius 1 is 1.06 bits per heavy atom. The van der Waals surface area contributed by atoms with Crippen LogP contribution in [0.25, 0.3) is 21.5 Å². The lowest BCUT2D eigenvalue weighted by Crippen LogP contribution is -2.15. The Balaban J connectivity index is 1.25. The molecule has 1 aliphatic rings. The van der Waals surface area contributed by atoms with E-state index in [0.717, 1.165) is 46.1 Å². The number of hydrogen-bond donors (Lipinski definition) is 1. The van der Waals surface area contributed by atoms with Crippen molar-refractivity contribution >= 4 is 50.2 Å². The lowest BCUT2D eigenvalue weighted by atomic mass is 9.99. The van der Waals surface area contributed by atoms with E-state index in [9.17, 15) is 9.59 Å². The lowest BCUT2D eigenvalue weighted by molar-refractivity contribution is -0.121. The predicted octanol–water partition coefficient (Wildman–Crippen LogP) is 6.48. The van der Waals surface area contributed by atoms with Gasteiger partial charge in [-0.05, 0) is 66.3 Å². The molecule has 0 radical (unpaired) electrons. The van der Waals surface area contributed by atoms with Gasteiger partial charge < -0.3 is 9.88 Å². The van der Waals surface area contributed by atoms with Crippen molar-refractivity contribution in [1.29, 1.82) is 0 Å². The maximum Gasteiger partial charge on any atom is 0.232 e. The molecule has 5 rings (SSSR count). The highest BCUT2D eigenvalue weighted by molar-refractivity contribution is 8.13. The van der Waals surface area contributed by atoms with Gasteiger partial charge in [0, 0.05) is 17.1 Å². The summed E-state index contributed by atoms with van der Waals surface area (Å²) in [6.07, 6.45) is 6.19. The molecule has 4 aromatic rings. The second kappa shape index (κ2) is 9.99. The molecule has 0 atom stereocenters. The molecule has 34 heavy (non-hydrogen) atoms. The molecule has 0 saturated carbocycles. The number of nitrogens with one attached hydrogen (secondary N) is 1. The number of anilines is 1. The Morgan fingerprint density at radius 2 is 1.79 bits per heavy atom. The summed E-state index contributed by atoms with van der Waals surface area (Å²) in [5, 5.41) is 3.24. The average Bonchev–Trinajstić information content (AvgIpc) is 3.36. The summed E-state index contributed by atoms with van der Waals surface area (Å²) in [6, 6.07) is 17.7. The predicted molar refractivity (Wildman–Crippen MR) is 140 cm³/mol. The fourth-order valence-corrected chi connectivity index (χ4v) is 6.50. The van der Waals surface area contributed by atoms with E-state index in [0.29, 0.717) is 17.4 Å². The van der Waals surface area contributed by atoms with Gasteiger partial charge in [0.15, 0.2) is 5.16 Å². The third kappa shape index (κ3) is 4.72. The molecule has 5 nitrogen and oxygen atoms in total. The van der Waals surface area contributed by atoms with E-state index >= 15 is 0 Å².